The van der Waals surface area contributed by atoms with Crippen molar-refractivity contribution in [2.45, 2.75) is 38.2 Å². The summed E-state index contributed by atoms with van der Waals surface area (Å²) in [5.74, 6) is 6.12. The number of amides is 1. The third-order valence-electron chi connectivity index (χ3n) is 5.29. The van der Waals surface area contributed by atoms with Crippen molar-refractivity contribution >= 4 is 56.9 Å². The summed E-state index contributed by atoms with van der Waals surface area (Å²) in [6.45, 7) is 0.736. The Hall–Kier alpha value is -1.83. The first-order valence-electron chi connectivity index (χ1n) is 13.2. The van der Waals surface area contributed by atoms with Crippen molar-refractivity contribution in [3.05, 3.63) is 32.6 Å². The molecule has 26 heteroatoms. The van der Waals surface area contributed by atoms with Crippen LogP contribution < -0.4 is 22.3 Å². The van der Waals surface area contributed by atoms with Crippen molar-refractivity contribution in [2.75, 3.05) is 44.4 Å². The van der Waals surface area contributed by atoms with E-state index in [4.69, 9.17) is 29.7 Å². The lowest BCUT2D eigenvalue weighted by Gasteiger charge is -2.21. The first kappa shape index (κ1) is 41.3. The van der Waals surface area contributed by atoms with Crippen LogP contribution in [0.3, 0.4) is 0 Å². The summed E-state index contributed by atoms with van der Waals surface area (Å²) in [5.41, 5.74) is 3.38. The van der Waals surface area contributed by atoms with Crippen molar-refractivity contribution in [1.29, 1.82) is 0 Å². The molecule has 47 heavy (non-hydrogen) atoms. The minimum atomic E-state index is -5.78. The van der Waals surface area contributed by atoms with E-state index in [2.05, 4.69) is 35.3 Å². The van der Waals surface area contributed by atoms with E-state index < -0.39 is 65.9 Å². The number of carbonyl (C=O) groups is 2. The maximum atomic E-state index is 12.6. The molecular weight excluding hydrogens is 737 g/mol. The second-order valence-electron chi connectivity index (χ2n) is 9.05. The predicted octanol–water partition coefficient (Wildman–Crippen LogP) is -0.0505. The molecule has 0 aromatic carbocycles. The topological polar surface area (TPSA) is 315 Å². The molecule has 1 aromatic rings. The number of nitrogens with two attached hydrogens (primary N) is 1. The molecule has 0 bridgehead atoms. The van der Waals surface area contributed by atoms with Gasteiger partial charge in [0.1, 0.15) is 30.3 Å². The molecule has 1 amide bonds. The summed E-state index contributed by atoms with van der Waals surface area (Å²) in [5, 5.41) is 2.38. The van der Waals surface area contributed by atoms with Crippen LogP contribution in [0.2, 0.25) is 0 Å². The summed E-state index contributed by atoms with van der Waals surface area (Å²) in [6, 6.07) is 0. The van der Waals surface area contributed by atoms with Gasteiger partial charge in [0.2, 0.25) is 0 Å². The number of ketones is 1. The van der Waals surface area contributed by atoms with Crippen LogP contribution in [0.5, 0.6) is 0 Å². The number of hydrogen-bond donors (Lipinski definition) is 7. The van der Waals surface area contributed by atoms with E-state index in [1.54, 1.807) is 10.8 Å². The Morgan fingerprint density at radius 2 is 1.83 bits per heavy atom. The minimum Gasteiger partial charge on any atom is -0.449 e. The molecule has 3 unspecified atom stereocenters. The Kier molecular flexibility index (Phi) is 17.0. The second-order valence-corrected chi connectivity index (χ2v) is 16.2. The largest absolute Gasteiger partial charge is 0.490 e. The van der Waals surface area contributed by atoms with Gasteiger partial charge in [-0.05, 0) is 6.92 Å². The van der Waals surface area contributed by atoms with Crippen molar-refractivity contribution in [2.24, 2.45) is 5.73 Å². The highest BCUT2D eigenvalue weighted by molar-refractivity contribution is 8.76. The molecule has 8 N–H and O–H groups in total. The van der Waals surface area contributed by atoms with Gasteiger partial charge in [-0.25, -0.2) is 23.3 Å². The van der Waals surface area contributed by atoms with Crippen LogP contribution in [0.4, 0.5) is 4.79 Å². The molecule has 1 aliphatic heterocycles. The Labute approximate surface area is 274 Å². The van der Waals surface area contributed by atoms with Crippen molar-refractivity contribution in [1.82, 2.24) is 14.9 Å². The van der Waals surface area contributed by atoms with Gasteiger partial charge in [-0.3, -0.25) is 23.7 Å². The molecule has 2 heterocycles. The number of aromatic amines is 1. The molecule has 0 spiro atoms. The second kappa shape index (κ2) is 19.4. The molecule has 266 valence electrons. The number of phosphoric acid groups is 3. The number of alkyl carbamates (subject to hydrolysis) is 1. The van der Waals surface area contributed by atoms with Crippen LogP contribution in [-0.4, -0.2) is 97.6 Å². The van der Waals surface area contributed by atoms with Gasteiger partial charge in [-0.1, -0.05) is 33.4 Å². The highest BCUT2D eigenvalue weighted by Gasteiger charge is 2.43. The van der Waals surface area contributed by atoms with E-state index in [0.29, 0.717) is 12.3 Å². The zero-order valence-electron chi connectivity index (χ0n) is 24.5. The van der Waals surface area contributed by atoms with Crippen LogP contribution in [-0.2, 0) is 45.8 Å². The quantitative estimate of drug-likeness (QED) is 0.0420. The van der Waals surface area contributed by atoms with Crippen LogP contribution >= 0.6 is 45.1 Å². The zero-order valence-corrected chi connectivity index (χ0v) is 28.8. The summed E-state index contributed by atoms with van der Waals surface area (Å²) in [6.07, 6.45) is -3.37. The lowest BCUT2D eigenvalue weighted by atomic mass is 10.2. The van der Waals surface area contributed by atoms with E-state index in [0.717, 1.165) is 16.5 Å². The van der Waals surface area contributed by atoms with Crippen LogP contribution in [0.15, 0.2) is 15.8 Å². The molecule has 1 fully saturated rings. The number of ether oxygens (including phenoxy) is 3. The summed E-state index contributed by atoms with van der Waals surface area (Å²) in [7, 11) is -13.9. The third-order valence-corrected chi connectivity index (χ3v) is 11.5. The highest BCUT2D eigenvalue weighted by atomic mass is 33.1. The maximum absolute atomic E-state index is 12.6. The van der Waals surface area contributed by atoms with Gasteiger partial charge in [0.15, 0.2) is 0 Å². The number of nitrogens with zero attached hydrogens (tertiary/aromatic N) is 1. The highest BCUT2D eigenvalue weighted by Crippen LogP contribution is 2.66. The Morgan fingerprint density at radius 3 is 2.49 bits per heavy atom. The molecule has 2 rings (SSSR count). The van der Waals surface area contributed by atoms with E-state index in [9.17, 15) is 42.7 Å². The van der Waals surface area contributed by atoms with Gasteiger partial charge in [0.05, 0.1) is 25.9 Å². The van der Waals surface area contributed by atoms with Crippen LogP contribution in [0.25, 0.3) is 0 Å². The molecule has 1 saturated heterocycles. The van der Waals surface area contributed by atoms with Gasteiger partial charge in [-0.15, -0.1) is 0 Å². The minimum absolute atomic E-state index is 0.0312. The SMILES string of the molecule is CC(=O)CCOC1C[C@H](n2cc(C#CCNC(=O)OCCSSCCN)c(=O)[nH]c2=O)O[C@@H]1COP(=O)(O)OP(=O)(O)OP(=O)(O)O. The van der Waals surface area contributed by atoms with Gasteiger partial charge in [0.25, 0.3) is 5.56 Å². The molecule has 0 radical (unpaired) electrons. The molecule has 1 aromatic heterocycles. The maximum Gasteiger partial charge on any atom is 0.490 e. The number of H-pyrrole nitrogens is 1. The molecule has 5 atom stereocenters. The summed E-state index contributed by atoms with van der Waals surface area (Å²) in [4.78, 5) is 86.7. The smallest absolute Gasteiger partial charge is 0.449 e. The standard InChI is InChI=1S/C21H33N4O17P3S2/c1-14(26)4-7-37-16-11-18(40-17(16)13-39-44(33,34)42-45(35,36)41-43(30,31)32)25-12-15(19(27)24-20(25)28)3-2-6-23-21(29)38-8-10-47-46-9-5-22/h12,16-18H,4-11,13,22H2,1H3,(H,23,29)(H,33,34)(H,35,36)(H,24,27,28)(H2,30,31,32)/t16?,17-,18-/m1/s1. The predicted molar refractivity (Wildman–Crippen MR) is 165 cm³/mol. The van der Waals surface area contributed by atoms with Gasteiger partial charge >= 0.3 is 35.3 Å². The normalized spacial score (nSPS) is 20.4. The molecule has 0 saturated carbocycles. The van der Waals surface area contributed by atoms with Gasteiger partial charge < -0.3 is 44.8 Å². The fourth-order valence-electron chi connectivity index (χ4n) is 3.45. The number of rotatable bonds is 19. The van der Waals surface area contributed by atoms with Crippen LogP contribution in [0, 0.1) is 11.8 Å². The monoisotopic (exact) mass is 770 g/mol. The van der Waals surface area contributed by atoms with Gasteiger partial charge in [0, 0.05) is 37.1 Å². The van der Waals surface area contributed by atoms with E-state index in [1.165, 1.54) is 17.7 Å². The van der Waals surface area contributed by atoms with Crippen molar-refractivity contribution in [3.8, 4) is 11.8 Å². The number of hydrogen-bond acceptors (Lipinski definition) is 16. The number of carbonyl (C=O) groups excluding carboxylic acids is 2. The van der Waals surface area contributed by atoms with Crippen LogP contribution in [0.1, 0.15) is 31.6 Å². The number of phosphoric ester groups is 1. The summed E-state index contributed by atoms with van der Waals surface area (Å²) >= 11 is 0. The molecule has 1 aliphatic rings. The lowest BCUT2D eigenvalue weighted by Crippen LogP contribution is -2.34. The first-order valence-corrected chi connectivity index (χ1v) is 20.2. The zero-order chi connectivity index (χ0) is 35.3. The molecule has 21 nitrogen and oxygen atoms in total. The molecular formula is C21H33N4O17P3S2. The number of Topliss-reactive ketones (excluding diaryl/α,β-unsaturated/α-hetero) is 1. The number of aromatic nitrogens is 2. The Bertz CT molecular complexity index is 1560. The fourth-order valence-corrected chi connectivity index (χ4v) is 8.16. The molecule has 0 aliphatic carbocycles. The lowest BCUT2D eigenvalue weighted by molar-refractivity contribution is -0.119. The number of nitrogens with one attached hydrogen (secondary N) is 2. The Balaban J connectivity index is 2.11. The van der Waals surface area contributed by atoms with E-state index >= 15 is 0 Å². The van der Waals surface area contributed by atoms with Crippen molar-refractivity contribution in [3.63, 3.8) is 0 Å². The van der Waals surface area contributed by atoms with E-state index in [-0.39, 0.29) is 43.9 Å². The van der Waals surface area contributed by atoms with Crippen molar-refractivity contribution < 1.29 is 70.2 Å². The Morgan fingerprint density at radius 1 is 1.13 bits per heavy atom. The fraction of sp³-hybridized carbons (Fsp3) is 0.619. The average molecular weight is 771 g/mol. The van der Waals surface area contributed by atoms with E-state index in [1.807, 2.05) is 0 Å². The first-order chi connectivity index (χ1) is 21.9. The summed E-state index contributed by atoms with van der Waals surface area (Å²) < 4.78 is 63.9. The van der Waals surface area contributed by atoms with Gasteiger partial charge in [-0.2, -0.15) is 8.62 Å². The third kappa shape index (κ3) is 16.4. The average Bonchev–Trinajstić information content (AvgIpc) is 3.33.